The summed E-state index contributed by atoms with van der Waals surface area (Å²) >= 11 is 3.41. The van der Waals surface area contributed by atoms with Crippen LogP contribution in [0, 0.1) is 0 Å². The van der Waals surface area contributed by atoms with Gasteiger partial charge in [0.2, 0.25) is 0 Å². The molecule has 100 valence electrons. The van der Waals surface area contributed by atoms with Gasteiger partial charge >= 0.3 is 5.97 Å². The van der Waals surface area contributed by atoms with Crippen molar-refractivity contribution < 1.29 is 14.3 Å². The molecule has 0 aliphatic carbocycles. The molecular formula is C13H13BrN2O3. The summed E-state index contributed by atoms with van der Waals surface area (Å²) in [6.45, 7) is 2.02. The molecule has 0 bridgehead atoms. The first-order valence-corrected chi connectivity index (χ1v) is 6.47. The van der Waals surface area contributed by atoms with Gasteiger partial charge in [0, 0.05) is 16.1 Å². The zero-order chi connectivity index (χ0) is 14.0. The summed E-state index contributed by atoms with van der Waals surface area (Å²) in [5, 5.41) is 0.643. The van der Waals surface area contributed by atoms with Crippen LogP contribution in [0.15, 0.2) is 22.8 Å². The molecule has 0 amide bonds. The summed E-state index contributed by atoms with van der Waals surface area (Å²) < 4.78 is 10.9. The van der Waals surface area contributed by atoms with Crippen LogP contribution < -0.4 is 10.5 Å². The van der Waals surface area contributed by atoms with Gasteiger partial charge in [-0.3, -0.25) is 4.98 Å². The predicted molar refractivity (Wildman–Crippen MR) is 76.4 cm³/mol. The highest BCUT2D eigenvalue weighted by atomic mass is 79.9. The predicted octanol–water partition coefficient (Wildman–Crippen LogP) is 2.76. The van der Waals surface area contributed by atoms with E-state index < -0.39 is 5.97 Å². The molecule has 0 saturated carbocycles. The average molecular weight is 325 g/mol. The quantitative estimate of drug-likeness (QED) is 0.879. The maximum Gasteiger partial charge on any atom is 0.341 e. The lowest BCUT2D eigenvalue weighted by molar-refractivity contribution is 0.0527. The third-order valence-electron chi connectivity index (χ3n) is 2.69. The van der Waals surface area contributed by atoms with E-state index in [1.54, 1.807) is 26.2 Å². The van der Waals surface area contributed by atoms with Gasteiger partial charge in [0.1, 0.15) is 16.8 Å². The molecule has 2 N–H and O–H groups in total. The summed E-state index contributed by atoms with van der Waals surface area (Å²) in [6.07, 6.45) is 1.41. The van der Waals surface area contributed by atoms with E-state index in [0.29, 0.717) is 22.3 Å². The van der Waals surface area contributed by atoms with Gasteiger partial charge in [0.25, 0.3) is 0 Å². The van der Waals surface area contributed by atoms with E-state index in [4.69, 9.17) is 15.2 Å². The molecule has 1 heterocycles. The number of carbonyl (C=O) groups excluding carboxylic acids is 1. The van der Waals surface area contributed by atoms with Crippen LogP contribution in [-0.4, -0.2) is 24.7 Å². The summed E-state index contributed by atoms with van der Waals surface area (Å²) in [4.78, 5) is 16.0. The number of anilines is 1. The number of fused-ring (bicyclic) bond motifs is 1. The van der Waals surface area contributed by atoms with Crippen LogP contribution in [0.25, 0.3) is 10.9 Å². The van der Waals surface area contributed by atoms with Gasteiger partial charge in [-0.2, -0.15) is 0 Å². The van der Waals surface area contributed by atoms with Crippen LogP contribution in [0.3, 0.4) is 0 Å². The molecule has 2 aromatic rings. The first kappa shape index (κ1) is 13.6. The van der Waals surface area contributed by atoms with E-state index in [-0.39, 0.29) is 12.2 Å². The Morgan fingerprint density at radius 2 is 2.21 bits per heavy atom. The summed E-state index contributed by atoms with van der Waals surface area (Å²) in [5.74, 6) is 0.115. The van der Waals surface area contributed by atoms with Gasteiger partial charge in [-0.05, 0) is 19.1 Å². The molecule has 0 aliphatic heterocycles. The third-order valence-corrected chi connectivity index (χ3v) is 3.35. The monoisotopic (exact) mass is 324 g/mol. The lowest BCUT2D eigenvalue weighted by Crippen LogP contribution is -2.09. The highest BCUT2D eigenvalue weighted by molar-refractivity contribution is 9.10. The maximum absolute atomic E-state index is 11.8. The van der Waals surface area contributed by atoms with E-state index in [9.17, 15) is 4.79 Å². The number of halogens is 1. The molecule has 6 heteroatoms. The Labute approximate surface area is 118 Å². The number of benzene rings is 1. The zero-order valence-corrected chi connectivity index (χ0v) is 12.2. The Morgan fingerprint density at radius 1 is 1.47 bits per heavy atom. The number of hydrogen-bond donors (Lipinski definition) is 1. The van der Waals surface area contributed by atoms with Gasteiger partial charge < -0.3 is 15.2 Å². The molecule has 0 radical (unpaired) electrons. The van der Waals surface area contributed by atoms with Gasteiger partial charge in [0.05, 0.1) is 19.4 Å². The minimum absolute atomic E-state index is 0.253. The third kappa shape index (κ3) is 2.35. The number of aromatic nitrogens is 1. The van der Waals surface area contributed by atoms with Crippen molar-refractivity contribution in [2.24, 2.45) is 0 Å². The number of rotatable bonds is 3. The lowest BCUT2D eigenvalue weighted by atomic mass is 10.1. The van der Waals surface area contributed by atoms with Crippen molar-refractivity contribution in [3.8, 4) is 5.75 Å². The van der Waals surface area contributed by atoms with Crippen molar-refractivity contribution in [2.75, 3.05) is 19.5 Å². The smallest absolute Gasteiger partial charge is 0.341 e. The first-order chi connectivity index (χ1) is 9.10. The molecule has 2 rings (SSSR count). The highest BCUT2D eigenvalue weighted by Crippen LogP contribution is 2.35. The topological polar surface area (TPSA) is 74.4 Å². The van der Waals surface area contributed by atoms with Crippen molar-refractivity contribution >= 4 is 38.5 Å². The fourth-order valence-electron chi connectivity index (χ4n) is 1.80. The van der Waals surface area contributed by atoms with E-state index in [1.807, 2.05) is 0 Å². The minimum atomic E-state index is -0.482. The minimum Gasteiger partial charge on any atom is -0.494 e. The number of nitrogen functional groups attached to an aromatic ring is 1. The molecular weight excluding hydrogens is 312 g/mol. The number of methoxy groups -OCH3 is 1. The lowest BCUT2D eigenvalue weighted by Gasteiger charge is -2.11. The SMILES string of the molecule is CCOC(=O)c1cnc2c(OC)ccc(Br)c2c1N. The van der Waals surface area contributed by atoms with Gasteiger partial charge in [-0.15, -0.1) is 0 Å². The van der Waals surface area contributed by atoms with E-state index in [0.717, 1.165) is 4.47 Å². The second-order valence-electron chi connectivity index (χ2n) is 3.78. The summed E-state index contributed by atoms with van der Waals surface area (Å²) in [6, 6.07) is 3.58. The largest absolute Gasteiger partial charge is 0.494 e. The highest BCUT2D eigenvalue weighted by Gasteiger charge is 2.17. The summed E-state index contributed by atoms with van der Waals surface area (Å²) in [7, 11) is 1.56. The van der Waals surface area contributed by atoms with Crippen LogP contribution in [-0.2, 0) is 4.74 Å². The molecule has 1 aromatic carbocycles. The zero-order valence-electron chi connectivity index (χ0n) is 10.6. The number of hydrogen-bond acceptors (Lipinski definition) is 5. The van der Waals surface area contributed by atoms with Crippen molar-refractivity contribution in [1.82, 2.24) is 4.98 Å². The van der Waals surface area contributed by atoms with E-state index >= 15 is 0 Å². The van der Waals surface area contributed by atoms with Crippen LogP contribution in [0.2, 0.25) is 0 Å². The number of nitrogens with two attached hydrogens (primary N) is 1. The van der Waals surface area contributed by atoms with Gasteiger partial charge in [-0.25, -0.2) is 4.79 Å². The molecule has 0 aliphatic rings. The molecule has 19 heavy (non-hydrogen) atoms. The molecule has 0 spiro atoms. The van der Waals surface area contributed by atoms with Crippen LogP contribution in [0.5, 0.6) is 5.75 Å². The van der Waals surface area contributed by atoms with Crippen LogP contribution in [0.1, 0.15) is 17.3 Å². The number of esters is 1. The normalized spacial score (nSPS) is 10.5. The van der Waals surface area contributed by atoms with Gasteiger partial charge in [0.15, 0.2) is 0 Å². The molecule has 0 unspecified atom stereocenters. The maximum atomic E-state index is 11.8. The number of ether oxygens (including phenoxy) is 2. The van der Waals surface area contributed by atoms with E-state index in [2.05, 4.69) is 20.9 Å². The Bertz CT molecular complexity index is 643. The molecule has 0 saturated heterocycles. The second kappa shape index (κ2) is 5.44. The summed E-state index contributed by atoms with van der Waals surface area (Å²) in [5.41, 5.74) is 7.23. The van der Waals surface area contributed by atoms with Crippen LogP contribution >= 0.6 is 15.9 Å². The average Bonchev–Trinajstić information content (AvgIpc) is 2.39. The van der Waals surface area contributed by atoms with Crippen molar-refractivity contribution in [3.05, 3.63) is 28.4 Å². The fraction of sp³-hybridized carbons (Fsp3) is 0.231. The fourth-order valence-corrected chi connectivity index (χ4v) is 2.33. The van der Waals surface area contributed by atoms with Crippen molar-refractivity contribution in [1.29, 1.82) is 0 Å². The van der Waals surface area contributed by atoms with Crippen molar-refractivity contribution in [3.63, 3.8) is 0 Å². The van der Waals surface area contributed by atoms with Crippen LogP contribution in [0.4, 0.5) is 5.69 Å². The standard InChI is InChI=1S/C13H13BrN2O3/c1-3-19-13(17)7-6-16-12-9(18-2)5-4-8(14)10(12)11(7)15/h4-6H,3H2,1-2H3,(H2,15,16). The number of pyridine rings is 1. The van der Waals surface area contributed by atoms with Gasteiger partial charge in [-0.1, -0.05) is 15.9 Å². The molecule has 0 fully saturated rings. The van der Waals surface area contributed by atoms with Crippen molar-refractivity contribution in [2.45, 2.75) is 6.92 Å². The Kier molecular flexibility index (Phi) is 3.90. The van der Waals surface area contributed by atoms with E-state index in [1.165, 1.54) is 6.20 Å². The number of nitrogens with zero attached hydrogens (tertiary/aromatic N) is 1. The molecule has 0 atom stereocenters. The Balaban J connectivity index is 2.71. The Hall–Kier alpha value is -1.82. The second-order valence-corrected chi connectivity index (χ2v) is 4.63. The first-order valence-electron chi connectivity index (χ1n) is 5.68. The number of carbonyl (C=O) groups is 1. The molecule has 5 nitrogen and oxygen atoms in total. The molecule has 1 aromatic heterocycles. The Morgan fingerprint density at radius 3 is 2.84 bits per heavy atom.